The second-order valence-electron chi connectivity index (χ2n) is 10.1. The third-order valence-electron chi connectivity index (χ3n) is 6.94. The van der Waals surface area contributed by atoms with Crippen molar-refractivity contribution in [3.8, 4) is 5.75 Å². The highest BCUT2D eigenvalue weighted by molar-refractivity contribution is 5.92. The molecule has 1 heterocycles. The molecule has 1 aliphatic rings. The highest BCUT2D eigenvalue weighted by Gasteiger charge is 2.26. The fraction of sp³-hybridized carbons (Fsp3) is 0.500. The number of nitrogens with zero attached hydrogens (tertiary/aromatic N) is 1. The van der Waals surface area contributed by atoms with Gasteiger partial charge in [0.25, 0.3) is 0 Å². The molecule has 0 bridgehead atoms. The first-order chi connectivity index (χ1) is 19.9. The Morgan fingerprint density at radius 2 is 1.59 bits per heavy atom. The molecule has 1 saturated heterocycles. The minimum absolute atomic E-state index is 0.148. The van der Waals surface area contributed by atoms with E-state index in [1.54, 1.807) is 0 Å². The number of ether oxygens (including phenoxy) is 2. The Morgan fingerprint density at radius 1 is 0.927 bits per heavy atom. The molecule has 2 unspecified atom stereocenters. The largest absolute Gasteiger partial charge is 0.490 e. The lowest BCUT2D eigenvalue weighted by Gasteiger charge is -2.24. The zero-order valence-corrected chi connectivity index (χ0v) is 23.6. The number of carbonyl (C=O) groups excluding carboxylic acids is 3. The van der Waals surface area contributed by atoms with E-state index in [2.05, 4.69) is 10.6 Å². The van der Waals surface area contributed by atoms with Gasteiger partial charge in [-0.25, -0.2) is 0 Å². The monoisotopic (exact) mass is 568 g/mol. The molecule has 11 nitrogen and oxygen atoms in total. The van der Waals surface area contributed by atoms with Gasteiger partial charge in [0.15, 0.2) is 0 Å². The average Bonchev–Trinajstić information content (AvgIpc) is 2.99. The Hall–Kier alpha value is -3.51. The maximum Gasteiger partial charge on any atom is 0.242 e. The van der Waals surface area contributed by atoms with Gasteiger partial charge in [0.2, 0.25) is 17.7 Å². The summed E-state index contributed by atoms with van der Waals surface area (Å²) >= 11 is 0. The molecule has 1 fully saturated rings. The maximum atomic E-state index is 13.2. The molecule has 2 aromatic carbocycles. The van der Waals surface area contributed by atoms with Gasteiger partial charge in [0, 0.05) is 45.6 Å². The molecule has 224 valence electrons. The van der Waals surface area contributed by atoms with Gasteiger partial charge in [-0.2, -0.15) is 0 Å². The summed E-state index contributed by atoms with van der Waals surface area (Å²) in [5, 5.41) is 5.68. The minimum Gasteiger partial charge on any atom is -0.490 e. The Balaban J connectivity index is 1.57. The van der Waals surface area contributed by atoms with Crippen molar-refractivity contribution in [3.05, 3.63) is 65.7 Å². The van der Waals surface area contributed by atoms with Crippen LogP contribution in [0.5, 0.6) is 5.75 Å². The summed E-state index contributed by atoms with van der Waals surface area (Å²) < 4.78 is 11.4. The summed E-state index contributed by atoms with van der Waals surface area (Å²) in [5.74, 6) is -0.428. The van der Waals surface area contributed by atoms with Crippen molar-refractivity contribution >= 4 is 17.7 Å². The Labute approximate surface area is 242 Å². The van der Waals surface area contributed by atoms with Gasteiger partial charge in [-0.3, -0.25) is 14.4 Å². The van der Waals surface area contributed by atoms with Crippen LogP contribution in [-0.2, 0) is 32.1 Å². The number of hydrogen-bond acceptors (Lipinski definition) is 8. The number of rotatable bonds is 16. The Morgan fingerprint density at radius 3 is 2.22 bits per heavy atom. The summed E-state index contributed by atoms with van der Waals surface area (Å²) in [7, 11) is 0. The average molecular weight is 569 g/mol. The first-order valence-electron chi connectivity index (χ1n) is 14.3. The molecule has 0 saturated carbocycles. The van der Waals surface area contributed by atoms with Crippen molar-refractivity contribution in [2.45, 2.75) is 56.8 Å². The highest BCUT2D eigenvalue weighted by atomic mass is 16.5. The fourth-order valence-corrected chi connectivity index (χ4v) is 4.57. The Bertz CT molecular complexity index is 1070. The van der Waals surface area contributed by atoms with E-state index in [9.17, 15) is 14.4 Å². The van der Waals surface area contributed by atoms with Crippen molar-refractivity contribution in [1.29, 1.82) is 0 Å². The van der Waals surface area contributed by atoms with Gasteiger partial charge in [-0.05, 0) is 36.1 Å². The van der Waals surface area contributed by atoms with Crippen molar-refractivity contribution < 1.29 is 23.9 Å². The van der Waals surface area contributed by atoms with Crippen LogP contribution in [0.1, 0.15) is 36.8 Å². The molecule has 0 radical (unpaired) electrons. The number of amides is 3. The van der Waals surface area contributed by atoms with Crippen molar-refractivity contribution in [2.75, 3.05) is 39.4 Å². The lowest BCUT2D eigenvalue weighted by Crippen LogP contribution is -2.53. The minimum atomic E-state index is -1.11. The van der Waals surface area contributed by atoms with Gasteiger partial charge in [-0.15, -0.1) is 0 Å². The quantitative estimate of drug-likeness (QED) is 0.194. The molecule has 2 aromatic rings. The molecule has 41 heavy (non-hydrogen) atoms. The van der Waals surface area contributed by atoms with Crippen LogP contribution in [0.25, 0.3) is 0 Å². The van der Waals surface area contributed by atoms with E-state index in [1.165, 1.54) is 4.90 Å². The molecule has 8 N–H and O–H groups in total. The topological polar surface area (TPSA) is 175 Å². The predicted molar refractivity (Wildman–Crippen MR) is 157 cm³/mol. The first-order valence-corrected chi connectivity index (χ1v) is 14.3. The van der Waals surface area contributed by atoms with Gasteiger partial charge < -0.3 is 42.2 Å². The van der Waals surface area contributed by atoms with Crippen LogP contribution in [0.3, 0.4) is 0 Å². The van der Waals surface area contributed by atoms with E-state index < -0.39 is 18.0 Å². The van der Waals surface area contributed by atoms with Crippen LogP contribution < -0.4 is 32.6 Å². The van der Waals surface area contributed by atoms with E-state index in [0.717, 1.165) is 29.7 Å². The van der Waals surface area contributed by atoms with Crippen LogP contribution in [0.2, 0.25) is 0 Å². The smallest absolute Gasteiger partial charge is 0.242 e. The van der Waals surface area contributed by atoms with Crippen molar-refractivity contribution in [2.24, 2.45) is 17.2 Å². The molecule has 0 aromatic heterocycles. The molecule has 0 aliphatic carbocycles. The number of carbonyl (C=O) groups is 3. The van der Waals surface area contributed by atoms with Crippen LogP contribution in [-0.4, -0.2) is 80.2 Å². The SMILES string of the molecule is NCCN(CCN)C(=O)CC(N)C(=O)NC(CCc1ccccc1)C(=O)NCc1ccc(OC2CCOCC2)cc1. The van der Waals surface area contributed by atoms with E-state index in [4.69, 9.17) is 26.7 Å². The van der Waals surface area contributed by atoms with Crippen LogP contribution in [0.4, 0.5) is 0 Å². The van der Waals surface area contributed by atoms with Gasteiger partial charge in [-0.1, -0.05) is 42.5 Å². The summed E-state index contributed by atoms with van der Waals surface area (Å²) in [6, 6.07) is 15.3. The fourth-order valence-electron chi connectivity index (χ4n) is 4.57. The Kier molecular flexibility index (Phi) is 13.5. The second kappa shape index (κ2) is 17.3. The van der Waals surface area contributed by atoms with E-state index >= 15 is 0 Å². The zero-order valence-electron chi connectivity index (χ0n) is 23.6. The van der Waals surface area contributed by atoms with Crippen molar-refractivity contribution in [1.82, 2.24) is 15.5 Å². The number of nitrogens with one attached hydrogen (secondary N) is 2. The van der Waals surface area contributed by atoms with Gasteiger partial charge in [0.05, 0.1) is 25.7 Å². The predicted octanol–water partition coefficient (Wildman–Crippen LogP) is 0.442. The zero-order chi connectivity index (χ0) is 29.5. The normalized spacial score (nSPS) is 15.0. The molecule has 1 aliphatic heterocycles. The van der Waals surface area contributed by atoms with Crippen molar-refractivity contribution in [3.63, 3.8) is 0 Å². The standard InChI is InChI=1S/C30H44N6O5/c31-14-16-36(17-15-32)28(37)20-26(33)29(38)35-27(11-8-22-4-2-1-3-5-22)30(39)34-21-23-6-9-24(10-7-23)41-25-12-18-40-19-13-25/h1-7,9-10,25-27H,8,11-21,31-33H2,(H,34,39)(H,35,38). The highest BCUT2D eigenvalue weighted by Crippen LogP contribution is 2.18. The number of nitrogens with two attached hydrogens (primary N) is 3. The lowest BCUT2D eigenvalue weighted by atomic mass is 10.0. The molecule has 2 atom stereocenters. The van der Waals surface area contributed by atoms with E-state index in [1.807, 2.05) is 54.6 Å². The van der Waals surface area contributed by atoms with Crippen LogP contribution in [0, 0.1) is 0 Å². The second-order valence-corrected chi connectivity index (χ2v) is 10.1. The van der Waals surface area contributed by atoms with Crippen LogP contribution in [0.15, 0.2) is 54.6 Å². The van der Waals surface area contributed by atoms with Gasteiger partial charge >= 0.3 is 0 Å². The maximum absolute atomic E-state index is 13.2. The summed E-state index contributed by atoms with van der Waals surface area (Å²) in [6.07, 6.45) is 2.62. The van der Waals surface area contributed by atoms with E-state index in [0.29, 0.717) is 39.1 Å². The summed E-state index contributed by atoms with van der Waals surface area (Å²) in [6.45, 7) is 2.91. The number of benzene rings is 2. The molecule has 3 rings (SSSR count). The third-order valence-corrected chi connectivity index (χ3v) is 6.94. The molecular formula is C30H44N6O5. The molecule has 3 amide bonds. The molecule has 11 heteroatoms. The van der Waals surface area contributed by atoms with Crippen LogP contribution >= 0.6 is 0 Å². The molecular weight excluding hydrogens is 524 g/mol. The summed E-state index contributed by atoms with van der Waals surface area (Å²) in [5.41, 5.74) is 19.2. The number of aryl methyl sites for hydroxylation is 1. The summed E-state index contributed by atoms with van der Waals surface area (Å²) in [4.78, 5) is 40.3. The lowest BCUT2D eigenvalue weighted by molar-refractivity contribution is -0.135. The van der Waals surface area contributed by atoms with Gasteiger partial charge in [0.1, 0.15) is 17.9 Å². The third kappa shape index (κ3) is 11.1. The van der Waals surface area contributed by atoms with E-state index in [-0.39, 0.29) is 44.0 Å². The molecule has 0 spiro atoms. The first kappa shape index (κ1) is 32.0. The number of hydrogen-bond donors (Lipinski definition) is 5.